The number of benzene rings is 1. The molecule has 1 aromatic carbocycles. The van der Waals surface area contributed by atoms with Crippen molar-refractivity contribution in [2.24, 2.45) is 0 Å². The molecule has 0 saturated carbocycles. The SMILES string of the molecule is COc1c(Cl)cc(C(=O)N2CCC[C@@H]2C(=O)O)cc1Cl. The summed E-state index contributed by atoms with van der Waals surface area (Å²) in [5.41, 5.74) is 0.258. The molecule has 0 spiro atoms. The number of carboxylic acids is 1. The predicted octanol–water partition coefficient (Wildman–Crippen LogP) is 2.69. The van der Waals surface area contributed by atoms with E-state index in [1.54, 1.807) is 0 Å². The van der Waals surface area contributed by atoms with E-state index < -0.39 is 12.0 Å². The summed E-state index contributed by atoms with van der Waals surface area (Å²) in [6.07, 6.45) is 1.12. The molecule has 0 radical (unpaired) electrons. The van der Waals surface area contributed by atoms with Gasteiger partial charge in [0.1, 0.15) is 6.04 Å². The maximum absolute atomic E-state index is 12.4. The van der Waals surface area contributed by atoms with Crippen LogP contribution in [0.3, 0.4) is 0 Å². The van der Waals surface area contributed by atoms with E-state index in [1.165, 1.54) is 24.1 Å². The number of hydrogen-bond donors (Lipinski definition) is 1. The number of carboxylic acid groups (broad SMARTS) is 1. The molecule has 7 heteroatoms. The standard InChI is InChI=1S/C13H13Cl2NO4/c1-20-11-8(14)5-7(6-9(11)15)12(17)16-4-2-3-10(16)13(18)19/h5-6,10H,2-4H2,1H3,(H,18,19)/t10-/m1/s1. The number of likely N-dealkylation sites (tertiary alicyclic amines) is 1. The Morgan fingerprint density at radius 1 is 1.35 bits per heavy atom. The summed E-state index contributed by atoms with van der Waals surface area (Å²) >= 11 is 12.0. The zero-order valence-corrected chi connectivity index (χ0v) is 12.2. The van der Waals surface area contributed by atoms with Crippen molar-refractivity contribution in [1.29, 1.82) is 0 Å². The van der Waals surface area contributed by atoms with Gasteiger partial charge in [-0.3, -0.25) is 4.79 Å². The average molecular weight is 318 g/mol. The smallest absolute Gasteiger partial charge is 0.326 e. The maximum atomic E-state index is 12.4. The average Bonchev–Trinajstić information content (AvgIpc) is 2.86. The lowest BCUT2D eigenvalue weighted by molar-refractivity contribution is -0.141. The molecule has 1 aliphatic rings. The first-order valence-corrected chi connectivity index (χ1v) is 6.78. The summed E-state index contributed by atoms with van der Waals surface area (Å²) in [4.78, 5) is 24.8. The van der Waals surface area contributed by atoms with Crippen molar-refractivity contribution < 1.29 is 19.4 Å². The minimum absolute atomic E-state index is 0.217. The molecular weight excluding hydrogens is 305 g/mol. The lowest BCUT2D eigenvalue weighted by Gasteiger charge is -2.22. The summed E-state index contributed by atoms with van der Waals surface area (Å²) < 4.78 is 5.01. The Morgan fingerprint density at radius 2 is 1.95 bits per heavy atom. The second kappa shape index (κ2) is 5.89. The highest BCUT2D eigenvalue weighted by Gasteiger charge is 2.34. The van der Waals surface area contributed by atoms with E-state index in [9.17, 15) is 9.59 Å². The number of hydrogen-bond acceptors (Lipinski definition) is 3. The highest BCUT2D eigenvalue weighted by atomic mass is 35.5. The van der Waals surface area contributed by atoms with Crippen LogP contribution in [0.1, 0.15) is 23.2 Å². The number of carbonyl (C=O) groups is 2. The number of halogens is 2. The van der Waals surface area contributed by atoms with Gasteiger partial charge in [0.25, 0.3) is 5.91 Å². The Balaban J connectivity index is 2.32. The topological polar surface area (TPSA) is 66.8 Å². The van der Waals surface area contributed by atoms with Gasteiger partial charge in [0.15, 0.2) is 5.75 Å². The third-order valence-corrected chi connectivity index (χ3v) is 3.81. The van der Waals surface area contributed by atoms with Gasteiger partial charge in [-0.2, -0.15) is 0 Å². The molecule has 1 N–H and O–H groups in total. The number of methoxy groups -OCH3 is 1. The molecule has 1 heterocycles. The van der Waals surface area contributed by atoms with Crippen LogP contribution in [0, 0.1) is 0 Å². The van der Waals surface area contributed by atoms with Crippen molar-refractivity contribution in [3.8, 4) is 5.75 Å². The normalized spacial score (nSPS) is 18.1. The Kier molecular flexibility index (Phi) is 4.40. The Labute approximate surface area is 126 Å². The number of rotatable bonds is 3. The lowest BCUT2D eigenvalue weighted by atomic mass is 10.1. The summed E-state index contributed by atoms with van der Waals surface area (Å²) in [5, 5.41) is 9.54. The highest BCUT2D eigenvalue weighted by Crippen LogP contribution is 2.34. The second-order valence-corrected chi connectivity index (χ2v) is 5.28. The largest absolute Gasteiger partial charge is 0.494 e. The van der Waals surface area contributed by atoms with Crippen LogP contribution in [-0.4, -0.2) is 41.6 Å². The van der Waals surface area contributed by atoms with Crippen LogP contribution < -0.4 is 4.74 Å². The van der Waals surface area contributed by atoms with E-state index in [4.69, 9.17) is 33.0 Å². The van der Waals surface area contributed by atoms with Gasteiger partial charge in [0.05, 0.1) is 17.2 Å². The van der Waals surface area contributed by atoms with Crippen molar-refractivity contribution in [1.82, 2.24) is 4.90 Å². The van der Waals surface area contributed by atoms with Gasteiger partial charge in [-0.05, 0) is 25.0 Å². The van der Waals surface area contributed by atoms with Gasteiger partial charge < -0.3 is 14.7 Å². The minimum Gasteiger partial charge on any atom is -0.494 e. The first kappa shape index (κ1) is 14.9. The van der Waals surface area contributed by atoms with E-state index in [0.717, 1.165) is 0 Å². The summed E-state index contributed by atoms with van der Waals surface area (Å²) in [5.74, 6) is -1.09. The minimum atomic E-state index is -0.999. The highest BCUT2D eigenvalue weighted by molar-refractivity contribution is 6.37. The summed E-state index contributed by atoms with van der Waals surface area (Å²) in [7, 11) is 1.43. The molecule has 108 valence electrons. The van der Waals surface area contributed by atoms with Crippen LogP contribution in [0.4, 0.5) is 0 Å². The number of carbonyl (C=O) groups excluding carboxylic acids is 1. The zero-order valence-electron chi connectivity index (χ0n) is 10.7. The van der Waals surface area contributed by atoms with Crippen LogP contribution in [0.15, 0.2) is 12.1 Å². The molecule has 20 heavy (non-hydrogen) atoms. The molecule has 0 aromatic heterocycles. The Hall–Kier alpha value is -1.46. The molecule has 1 amide bonds. The van der Waals surface area contributed by atoms with Gasteiger partial charge in [0, 0.05) is 12.1 Å². The lowest BCUT2D eigenvalue weighted by Crippen LogP contribution is -2.40. The molecule has 0 bridgehead atoms. The summed E-state index contributed by atoms with van der Waals surface area (Å²) in [6.45, 7) is 0.414. The molecular formula is C13H13Cl2NO4. The molecule has 0 unspecified atom stereocenters. The third kappa shape index (κ3) is 2.69. The Morgan fingerprint density at radius 3 is 2.45 bits per heavy atom. The van der Waals surface area contributed by atoms with E-state index in [-0.39, 0.29) is 21.5 Å². The second-order valence-electron chi connectivity index (χ2n) is 4.47. The molecule has 1 fully saturated rings. The van der Waals surface area contributed by atoms with Crippen molar-refractivity contribution in [2.75, 3.05) is 13.7 Å². The van der Waals surface area contributed by atoms with Crippen LogP contribution in [-0.2, 0) is 4.79 Å². The Bertz CT molecular complexity index is 538. The van der Waals surface area contributed by atoms with Gasteiger partial charge in [-0.25, -0.2) is 4.79 Å². The molecule has 2 rings (SSSR count). The first-order valence-electron chi connectivity index (χ1n) is 6.02. The van der Waals surface area contributed by atoms with Crippen molar-refractivity contribution in [3.05, 3.63) is 27.7 Å². The van der Waals surface area contributed by atoms with Gasteiger partial charge in [-0.1, -0.05) is 23.2 Å². The van der Waals surface area contributed by atoms with Gasteiger partial charge in [-0.15, -0.1) is 0 Å². The van der Waals surface area contributed by atoms with Crippen molar-refractivity contribution in [3.63, 3.8) is 0 Å². The van der Waals surface area contributed by atoms with Crippen LogP contribution >= 0.6 is 23.2 Å². The van der Waals surface area contributed by atoms with E-state index >= 15 is 0 Å². The predicted molar refractivity (Wildman–Crippen MR) is 74.7 cm³/mol. The van der Waals surface area contributed by atoms with Gasteiger partial charge >= 0.3 is 5.97 Å². The monoisotopic (exact) mass is 317 g/mol. The molecule has 1 atom stereocenters. The molecule has 1 saturated heterocycles. The molecule has 1 aromatic rings. The molecule has 0 aliphatic carbocycles. The maximum Gasteiger partial charge on any atom is 0.326 e. The third-order valence-electron chi connectivity index (χ3n) is 3.25. The van der Waals surface area contributed by atoms with Crippen LogP contribution in [0.2, 0.25) is 10.0 Å². The number of ether oxygens (including phenoxy) is 1. The fourth-order valence-electron chi connectivity index (χ4n) is 2.31. The van der Waals surface area contributed by atoms with E-state index in [0.29, 0.717) is 25.1 Å². The molecule has 1 aliphatic heterocycles. The number of nitrogens with zero attached hydrogens (tertiary/aromatic N) is 1. The van der Waals surface area contributed by atoms with Crippen molar-refractivity contribution >= 4 is 35.1 Å². The van der Waals surface area contributed by atoms with Crippen molar-refractivity contribution in [2.45, 2.75) is 18.9 Å². The summed E-state index contributed by atoms with van der Waals surface area (Å²) in [6, 6.07) is 2.08. The number of amides is 1. The quantitative estimate of drug-likeness (QED) is 0.930. The van der Waals surface area contributed by atoms with Crippen LogP contribution in [0.5, 0.6) is 5.75 Å². The van der Waals surface area contributed by atoms with Crippen LogP contribution in [0.25, 0.3) is 0 Å². The molecule has 5 nitrogen and oxygen atoms in total. The van der Waals surface area contributed by atoms with E-state index in [2.05, 4.69) is 0 Å². The number of aliphatic carboxylic acids is 1. The fourth-order valence-corrected chi connectivity index (χ4v) is 2.95. The zero-order chi connectivity index (χ0) is 14.9. The first-order chi connectivity index (χ1) is 9.45. The fraction of sp³-hybridized carbons (Fsp3) is 0.385. The van der Waals surface area contributed by atoms with Gasteiger partial charge in [0.2, 0.25) is 0 Å². The van der Waals surface area contributed by atoms with E-state index in [1.807, 2.05) is 0 Å².